The summed E-state index contributed by atoms with van der Waals surface area (Å²) in [6.07, 6.45) is 4.57. The number of furan rings is 1. The number of aromatic nitrogens is 1. The number of hydrogen-bond acceptors (Lipinski definition) is 6. The molecule has 7 nitrogen and oxygen atoms in total. The van der Waals surface area contributed by atoms with E-state index in [4.69, 9.17) is 8.83 Å². The van der Waals surface area contributed by atoms with Crippen molar-refractivity contribution >= 4 is 11.9 Å². The first kappa shape index (κ1) is 13.4. The molecule has 0 aliphatic heterocycles. The van der Waals surface area contributed by atoms with Crippen molar-refractivity contribution in [2.75, 3.05) is 7.11 Å². The van der Waals surface area contributed by atoms with E-state index in [9.17, 15) is 9.59 Å². The van der Waals surface area contributed by atoms with Crippen LogP contribution in [0.5, 0.6) is 0 Å². The van der Waals surface area contributed by atoms with Gasteiger partial charge < -0.3 is 18.5 Å². The van der Waals surface area contributed by atoms with Crippen LogP contribution in [-0.2, 0) is 11.3 Å². The smallest absolute Gasteiger partial charge is 0.360 e. The molecule has 0 bridgehead atoms. The van der Waals surface area contributed by atoms with Gasteiger partial charge in [-0.15, -0.1) is 0 Å². The number of carbonyl (C=O) groups excluding carboxylic acids is 2. The standard InChI is InChI=1S/C14H14N2O5/c1-19-14(18)10-8-21-12(15-10)7-16(9-4-5-9)13(17)11-3-2-6-20-11/h2-3,6,8-9H,4-5,7H2,1H3. The molecule has 0 saturated heterocycles. The summed E-state index contributed by atoms with van der Waals surface area (Å²) in [7, 11) is 1.27. The average Bonchev–Trinajstić information content (AvgIpc) is 3.02. The molecular weight excluding hydrogens is 276 g/mol. The van der Waals surface area contributed by atoms with Gasteiger partial charge in [0.15, 0.2) is 11.5 Å². The third-order valence-corrected chi connectivity index (χ3v) is 3.23. The van der Waals surface area contributed by atoms with Gasteiger partial charge in [-0.2, -0.15) is 0 Å². The van der Waals surface area contributed by atoms with Crippen LogP contribution in [0.15, 0.2) is 33.5 Å². The zero-order valence-corrected chi connectivity index (χ0v) is 11.4. The van der Waals surface area contributed by atoms with E-state index in [2.05, 4.69) is 9.72 Å². The van der Waals surface area contributed by atoms with Crippen molar-refractivity contribution in [3.05, 3.63) is 42.0 Å². The first-order valence-electron chi connectivity index (χ1n) is 6.56. The van der Waals surface area contributed by atoms with E-state index < -0.39 is 5.97 Å². The van der Waals surface area contributed by atoms with Crippen LogP contribution in [0.3, 0.4) is 0 Å². The van der Waals surface area contributed by atoms with Crippen molar-refractivity contribution < 1.29 is 23.2 Å². The number of nitrogens with zero attached hydrogens (tertiary/aromatic N) is 2. The number of hydrogen-bond donors (Lipinski definition) is 0. The summed E-state index contributed by atoms with van der Waals surface area (Å²) in [6.45, 7) is 0.196. The van der Waals surface area contributed by atoms with E-state index in [-0.39, 0.29) is 29.9 Å². The Morgan fingerprint density at radius 2 is 2.24 bits per heavy atom. The Labute approximate surface area is 120 Å². The predicted molar refractivity (Wildman–Crippen MR) is 69.4 cm³/mol. The largest absolute Gasteiger partial charge is 0.464 e. The third kappa shape index (κ3) is 2.81. The highest BCUT2D eigenvalue weighted by Gasteiger charge is 2.35. The van der Waals surface area contributed by atoms with Crippen molar-refractivity contribution in [1.82, 2.24) is 9.88 Å². The molecule has 1 amide bonds. The second-order valence-electron chi connectivity index (χ2n) is 4.76. The van der Waals surface area contributed by atoms with E-state index in [0.29, 0.717) is 5.89 Å². The lowest BCUT2D eigenvalue weighted by Gasteiger charge is -2.19. The Morgan fingerprint density at radius 3 is 2.86 bits per heavy atom. The molecule has 0 atom stereocenters. The minimum atomic E-state index is -0.569. The molecule has 0 spiro atoms. The van der Waals surface area contributed by atoms with Crippen LogP contribution < -0.4 is 0 Å². The van der Waals surface area contributed by atoms with Crippen molar-refractivity contribution in [2.45, 2.75) is 25.4 Å². The van der Waals surface area contributed by atoms with E-state index in [1.807, 2.05) is 0 Å². The van der Waals surface area contributed by atoms with Crippen molar-refractivity contribution in [1.29, 1.82) is 0 Å². The molecule has 1 fully saturated rings. The van der Waals surface area contributed by atoms with Gasteiger partial charge in [0.05, 0.1) is 19.9 Å². The van der Waals surface area contributed by atoms with Crippen LogP contribution in [0.2, 0.25) is 0 Å². The minimum Gasteiger partial charge on any atom is -0.464 e. The van der Waals surface area contributed by atoms with E-state index >= 15 is 0 Å². The van der Waals surface area contributed by atoms with Gasteiger partial charge in [0, 0.05) is 6.04 Å². The maximum atomic E-state index is 12.4. The van der Waals surface area contributed by atoms with Crippen molar-refractivity contribution in [2.24, 2.45) is 0 Å². The lowest BCUT2D eigenvalue weighted by molar-refractivity contribution is 0.0594. The lowest BCUT2D eigenvalue weighted by atomic mass is 10.3. The molecular formula is C14H14N2O5. The molecule has 2 aromatic heterocycles. The average molecular weight is 290 g/mol. The summed E-state index contributed by atoms with van der Waals surface area (Å²) in [4.78, 5) is 29.4. The second-order valence-corrected chi connectivity index (χ2v) is 4.76. The summed E-state index contributed by atoms with van der Waals surface area (Å²) in [5, 5.41) is 0. The number of methoxy groups -OCH3 is 1. The quantitative estimate of drug-likeness (QED) is 0.781. The molecule has 0 radical (unpaired) electrons. The monoisotopic (exact) mass is 290 g/mol. The van der Waals surface area contributed by atoms with E-state index in [1.165, 1.54) is 19.6 Å². The van der Waals surface area contributed by atoms with Gasteiger partial charge in [-0.25, -0.2) is 9.78 Å². The molecule has 0 unspecified atom stereocenters. The van der Waals surface area contributed by atoms with Crippen LogP contribution >= 0.6 is 0 Å². The zero-order chi connectivity index (χ0) is 14.8. The first-order chi connectivity index (χ1) is 10.2. The molecule has 3 rings (SSSR count). The molecule has 110 valence electrons. The fraction of sp³-hybridized carbons (Fsp3) is 0.357. The van der Waals surface area contributed by atoms with Crippen LogP contribution in [-0.4, -0.2) is 34.9 Å². The van der Waals surface area contributed by atoms with Gasteiger partial charge >= 0.3 is 5.97 Å². The second kappa shape index (κ2) is 5.43. The van der Waals surface area contributed by atoms with Crippen LogP contribution in [0.1, 0.15) is 39.8 Å². The first-order valence-corrected chi connectivity index (χ1v) is 6.56. The molecule has 21 heavy (non-hydrogen) atoms. The maximum Gasteiger partial charge on any atom is 0.360 e. The van der Waals surface area contributed by atoms with Gasteiger partial charge in [-0.1, -0.05) is 0 Å². The molecule has 2 heterocycles. The third-order valence-electron chi connectivity index (χ3n) is 3.23. The van der Waals surface area contributed by atoms with Gasteiger partial charge in [0.25, 0.3) is 5.91 Å². The highest BCUT2D eigenvalue weighted by molar-refractivity contribution is 5.91. The fourth-order valence-electron chi connectivity index (χ4n) is 2.02. The Kier molecular flexibility index (Phi) is 3.47. The van der Waals surface area contributed by atoms with Crippen molar-refractivity contribution in [3.8, 4) is 0 Å². The van der Waals surface area contributed by atoms with Gasteiger partial charge in [0.1, 0.15) is 6.26 Å². The topological polar surface area (TPSA) is 85.8 Å². The Balaban J connectivity index is 1.75. The normalized spacial score (nSPS) is 14.0. The van der Waals surface area contributed by atoms with Crippen molar-refractivity contribution in [3.63, 3.8) is 0 Å². The summed E-state index contributed by atoms with van der Waals surface area (Å²) in [6, 6.07) is 3.45. The summed E-state index contributed by atoms with van der Waals surface area (Å²) < 4.78 is 14.9. The number of oxazole rings is 1. The highest BCUT2D eigenvalue weighted by Crippen LogP contribution is 2.29. The number of ether oxygens (including phenoxy) is 1. The fourth-order valence-corrected chi connectivity index (χ4v) is 2.02. The molecule has 7 heteroatoms. The summed E-state index contributed by atoms with van der Waals surface area (Å²) in [5.41, 5.74) is 0.0914. The molecule has 1 saturated carbocycles. The number of esters is 1. The predicted octanol–water partition coefficient (Wildman–Crippen LogP) is 1.86. The summed E-state index contributed by atoms with van der Waals surface area (Å²) >= 11 is 0. The highest BCUT2D eigenvalue weighted by atomic mass is 16.5. The van der Waals surface area contributed by atoms with Crippen LogP contribution in [0.25, 0.3) is 0 Å². The maximum absolute atomic E-state index is 12.4. The Hall–Kier alpha value is -2.57. The summed E-state index contributed by atoms with van der Waals surface area (Å²) in [5.74, 6) is -0.204. The molecule has 1 aliphatic carbocycles. The lowest BCUT2D eigenvalue weighted by Crippen LogP contribution is -2.32. The molecule has 0 aromatic carbocycles. The Bertz CT molecular complexity index is 642. The SMILES string of the molecule is COC(=O)c1coc(CN(C(=O)c2ccco2)C2CC2)n1. The number of rotatable bonds is 5. The van der Waals surface area contributed by atoms with E-state index in [1.54, 1.807) is 17.0 Å². The number of amides is 1. The van der Waals surface area contributed by atoms with Crippen LogP contribution in [0.4, 0.5) is 0 Å². The molecule has 0 N–H and O–H groups in total. The molecule has 2 aromatic rings. The zero-order valence-electron chi connectivity index (χ0n) is 11.4. The van der Waals surface area contributed by atoms with Crippen LogP contribution in [0, 0.1) is 0 Å². The number of carbonyl (C=O) groups is 2. The Morgan fingerprint density at radius 1 is 1.43 bits per heavy atom. The van der Waals surface area contributed by atoms with Gasteiger partial charge in [-0.3, -0.25) is 4.79 Å². The molecule has 1 aliphatic rings. The van der Waals surface area contributed by atoms with Gasteiger partial charge in [0.2, 0.25) is 5.89 Å². The van der Waals surface area contributed by atoms with E-state index in [0.717, 1.165) is 12.8 Å². The minimum absolute atomic E-state index is 0.0914. The van der Waals surface area contributed by atoms with Gasteiger partial charge in [-0.05, 0) is 25.0 Å².